The highest BCUT2D eigenvalue weighted by Crippen LogP contribution is 2.33. The lowest BCUT2D eigenvalue weighted by Crippen LogP contribution is -2.38. The quantitative estimate of drug-likeness (QED) is 0.675. The number of hydrogen-bond acceptors (Lipinski definition) is 4. The number of furan rings is 1. The number of rotatable bonds is 3. The maximum Gasteiger partial charge on any atom is 0.291 e. The number of para-hydroxylation sites is 1. The zero-order valence-corrected chi connectivity index (χ0v) is 14.9. The van der Waals surface area contributed by atoms with Crippen LogP contribution < -0.4 is 16.0 Å². The van der Waals surface area contributed by atoms with Crippen molar-refractivity contribution in [2.45, 2.75) is 32.2 Å². The van der Waals surface area contributed by atoms with Crippen molar-refractivity contribution in [3.05, 3.63) is 54.3 Å². The Morgan fingerprint density at radius 3 is 2.85 bits per heavy atom. The van der Waals surface area contributed by atoms with Crippen LogP contribution in [0.15, 0.2) is 52.9 Å². The molecule has 0 spiro atoms. The van der Waals surface area contributed by atoms with Gasteiger partial charge in [0.15, 0.2) is 5.76 Å². The summed E-state index contributed by atoms with van der Waals surface area (Å²) in [5.74, 6) is 0.0315. The van der Waals surface area contributed by atoms with E-state index in [0.29, 0.717) is 23.1 Å². The average molecular weight is 349 g/mol. The molecule has 26 heavy (non-hydrogen) atoms. The molecule has 1 amide bonds. The summed E-state index contributed by atoms with van der Waals surface area (Å²) in [6.07, 6.45) is 3.56. The number of nitrogens with zero attached hydrogens (tertiary/aromatic N) is 1. The van der Waals surface area contributed by atoms with Crippen LogP contribution >= 0.6 is 0 Å². The largest absolute Gasteiger partial charge is 0.451 e. The third-order valence-corrected chi connectivity index (χ3v) is 5.03. The Kier molecular flexibility index (Phi) is 4.29. The van der Waals surface area contributed by atoms with E-state index in [1.807, 2.05) is 42.5 Å². The van der Waals surface area contributed by atoms with Crippen molar-refractivity contribution >= 4 is 33.9 Å². The summed E-state index contributed by atoms with van der Waals surface area (Å²) in [6.45, 7) is 3.21. The van der Waals surface area contributed by atoms with Gasteiger partial charge in [-0.25, -0.2) is 0 Å². The Bertz CT molecular complexity index is 914. The molecule has 2 heterocycles. The summed E-state index contributed by atoms with van der Waals surface area (Å²) >= 11 is 0. The summed E-state index contributed by atoms with van der Waals surface area (Å²) in [6, 6.07) is 15.5. The Morgan fingerprint density at radius 1 is 1.19 bits per heavy atom. The molecule has 0 radical (unpaired) electrons. The van der Waals surface area contributed by atoms with Crippen LogP contribution in [0.1, 0.15) is 36.7 Å². The van der Waals surface area contributed by atoms with Gasteiger partial charge in [0.05, 0.1) is 11.4 Å². The van der Waals surface area contributed by atoms with Gasteiger partial charge in [0, 0.05) is 23.7 Å². The van der Waals surface area contributed by atoms with Gasteiger partial charge in [0.2, 0.25) is 0 Å². The molecule has 0 unspecified atom stereocenters. The molecule has 1 aliphatic rings. The van der Waals surface area contributed by atoms with Gasteiger partial charge < -0.3 is 20.4 Å². The third-order valence-electron chi connectivity index (χ3n) is 5.03. The van der Waals surface area contributed by atoms with E-state index in [0.717, 1.165) is 36.1 Å². The highest BCUT2D eigenvalue weighted by atomic mass is 16.3. The van der Waals surface area contributed by atoms with E-state index in [4.69, 9.17) is 10.2 Å². The maximum absolute atomic E-state index is 12.7. The van der Waals surface area contributed by atoms with Crippen molar-refractivity contribution < 1.29 is 9.21 Å². The highest BCUT2D eigenvalue weighted by molar-refractivity contribution is 6.06. The molecule has 1 aromatic heterocycles. The Hall–Kier alpha value is -2.95. The van der Waals surface area contributed by atoms with Gasteiger partial charge in [-0.15, -0.1) is 0 Å². The highest BCUT2D eigenvalue weighted by Gasteiger charge is 2.22. The number of benzene rings is 2. The van der Waals surface area contributed by atoms with E-state index < -0.39 is 0 Å². The first-order valence-electron chi connectivity index (χ1n) is 9.08. The van der Waals surface area contributed by atoms with E-state index in [1.165, 1.54) is 6.42 Å². The second-order valence-electron chi connectivity index (χ2n) is 6.92. The van der Waals surface area contributed by atoms with Crippen LogP contribution in [0.3, 0.4) is 0 Å². The lowest BCUT2D eigenvalue weighted by atomic mass is 10.0. The van der Waals surface area contributed by atoms with Crippen molar-refractivity contribution in [2.24, 2.45) is 0 Å². The van der Waals surface area contributed by atoms with Gasteiger partial charge >= 0.3 is 0 Å². The second-order valence-corrected chi connectivity index (χ2v) is 6.92. The molecule has 1 aliphatic heterocycles. The van der Waals surface area contributed by atoms with E-state index in [2.05, 4.69) is 17.1 Å². The molecule has 3 N–H and O–H groups in total. The number of hydrogen-bond donors (Lipinski definition) is 2. The number of nitrogen functional groups attached to an aromatic ring is 1. The number of nitrogens with two attached hydrogens (primary N) is 1. The number of nitrogens with one attached hydrogen (secondary N) is 1. The summed E-state index contributed by atoms with van der Waals surface area (Å²) in [7, 11) is 0. The predicted octanol–water partition coefficient (Wildman–Crippen LogP) is 4.65. The van der Waals surface area contributed by atoms with Gasteiger partial charge in [0.1, 0.15) is 5.58 Å². The first-order valence-corrected chi connectivity index (χ1v) is 9.08. The van der Waals surface area contributed by atoms with Crippen molar-refractivity contribution in [3.63, 3.8) is 0 Å². The monoisotopic (exact) mass is 349 g/mol. The van der Waals surface area contributed by atoms with E-state index in [1.54, 1.807) is 6.07 Å². The number of piperidine rings is 1. The van der Waals surface area contributed by atoms with Crippen LogP contribution in [0.4, 0.5) is 17.1 Å². The summed E-state index contributed by atoms with van der Waals surface area (Å²) in [5.41, 5.74) is 9.04. The Labute approximate surface area is 152 Å². The molecule has 0 saturated carbocycles. The van der Waals surface area contributed by atoms with Crippen LogP contribution in [0.5, 0.6) is 0 Å². The van der Waals surface area contributed by atoms with Gasteiger partial charge in [-0.1, -0.05) is 18.2 Å². The van der Waals surface area contributed by atoms with E-state index in [9.17, 15) is 4.79 Å². The number of fused-ring (bicyclic) bond motifs is 1. The Balaban J connectivity index is 1.64. The minimum Gasteiger partial charge on any atom is -0.451 e. The van der Waals surface area contributed by atoms with Crippen LogP contribution in [0.2, 0.25) is 0 Å². The number of anilines is 3. The molecule has 134 valence electrons. The molecular formula is C21H23N3O2. The lowest BCUT2D eigenvalue weighted by molar-refractivity contribution is 0.0998. The fraction of sp³-hybridized carbons (Fsp3) is 0.286. The van der Waals surface area contributed by atoms with Gasteiger partial charge in [-0.2, -0.15) is 0 Å². The van der Waals surface area contributed by atoms with E-state index >= 15 is 0 Å². The molecule has 1 atom stereocenters. The molecule has 2 aromatic carbocycles. The Morgan fingerprint density at radius 2 is 2.04 bits per heavy atom. The fourth-order valence-electron chi connectivity index (χ4n) is 3.64. The van der Waals surface area contributed by atoms with E-state index in [-0.39, 0.29) is 5.91 Å². The normalized spacial score (nSPS) is 17.4. The van der Waals surface area contributed by atoms with Gasteiger partial charge in [0.25, 0.3) is 5.91 Å². The number of amides is 1. The maximum atomic E-state index is 12.7. The average Bonchev–Trinajstić information content (AvgIpc) is 3.07. The molecule has 0 bridgehead atoms. The molecule has 5 heteroatoms. The molecular weight excluding hydrogens is 326 g/mol. The molecule has 0 aliphatic carbocycles. The number of carbonyl (C=O) groups is 1. The summed E-state index contributed by atoms with van der Waals surface area (Å²) < 4.78 is 5.68. The van der Waals surface area contributed by atoms with Gasteiger partial charge in [-0.3, -0.25) is 4.79 Å². The topological polar surface area (TPSA) is 71.5 Å². The standard InChI is InChI=1S/C21H23N3O2/c1-14-6-4-5-11-24(14)18-10-9-16(22)13-17(18)23-21(25)20-12-15-7-2-3-8-19(15)26-20/h2-3,7-10,12-14H,4-6,11,22H2,1H3,(H,23,25)/t14-/m1/s1. The van der Waals surface area contributed by atoms with Crippen molar-refractivity contribution in [1.29, 1.82) is 0 Å². The molecule has 3 aromatic rings. The fourth-order valence-corrected chi connectivity index (χ4v) is 3.64. The SMILES string of the molecule is C[C@@H]1CCCCN1c1ccc(N)cc1NC(=O)c1cc2ccccc2o1. The molecule has 1 saturated heterocycles. The zero-order valence-electron chi connectivity index (χ0n) is 14.9. The summed E-state index contributed by atoms with van der Waals surface area (Å²) in [5, 5.41) is 3.90. The summed E-state index contributed by atoms with van der Waals surface area (Å²) in [4.78, 5) is 15.1. The van der Waals surface area contributed by atoms with Crippen molar-refractivity contribution in [3.8, 4) is 0 Å². The molecule has 5 nitrogen and oxygen atoms in total. The van der Waals surface area contributed by atoms with Crippen LogP contribution in [0.25, 0.3) is 11.0 Å². The molecule has 1 fully saturated rings. The van der Waals surface area contributed by atoms with Crippen LogP contribution in [-0.4, -0.2) is 18.5 Å². The first-order chi connectivity index (χ1) is 12.6. The van der Waals surface area contributed by atoms with Crippen LogP contribution in [0, 0.1) is 0 Å². The minimum atomic E-state index is -0.266. The number of carbonyl (C=O) groups excluding carboxylic acids is 1. The first kappa shape index (κ1) is 16.5. The van der Waals surface area contributed by atoms with Gasteiger partial charge in [-0.05, 0) is 56.5 Å². The van der Waals surface area contributed by atoms with Crippen LogP contribution in [-0.2, 0) is 0 Å². The lowest BCUT2D eigenvalue weighted by Gasteiger charge is -2.36. The smallest absolute Gasteiger partial charge is 0.291 e. The zero-order chi connectivity index (χ0) is 18.1. The predicted molar refractivity (Wildman–Crippen MR) is 106 cm³/mol. The minimum absolute atomic E-state index is 0.266. The third kappa shape index (κ3) is 3.12. The molecule has 4 rings (SSSR count). The second kappa shape index (κ2) is 6.75. The van der Waals surface area contributed by atoms with Crippen molar-refractivity contribution in [1.82, 2.24) is 0 Å². The van der Waals surface area contributed by atoms with Crippen molar-refractivity contribution in [2.75, 3.05) is 22.5 Å².